The summed E-state index contributed by atoms with van der Waals surface area (Å²) < 4.78 is 25.0. The molecule has 0 unspecified atom stereocenters. The van der Waals surface area contributed by atoms with Crippen LogP contribution in [0.1, 0.15) is 32.6 Å². The Hall–Kier alpha value is -1.41. The second-order valence-electron chi connectivity index (χ2n) is 6.83. The van der Waals surface area contributed by atoms with Crippen LogP contribution >= 0.6 is 0 Å². The maximum Gasteiger partial charge on any atom is 0.246 e. The number of likely N-dealkylation sites (tertiary alicyclic amines) is 1. The van der Waals surface area contributed by atoms with E-state index in [0.717, 1.165) is 36.6 Å². The van der Waals surface area contributed by atoms with E-state index in [2.05, 4.69) is 4.90 Å². The summed E-state index contributed by atoms with van der Waals surface area (Å²) in [5.74, 6) is -0.843. The van der Waals surface area contributed by atoms with Gasteiger partial charge in [0.25, 0.3) is 0 Å². The monoisotopic (exact) mass is 355 g/mol. The van der Waals surface area contributed by atoms with Crippen molar-refractivity contribution in [1.29, 1.82) is 0 Å². The summed E-state index contributed by atoms with van der Waals surface area (Å²) in [4.78, 5) is 29.2. The average Bonchev–Trinajstić information content (AvgIpc) is 2.95. The van der Waals surface area contributed by atoms with Gasteiger partial charge in [0.2, 0.25) is 21.8 Å². The van der Waals surface area contributed by atoms with Gasteiger partial charge in [0.05, 0.1) is 23.9 Å². The first-order chi connectivity index (χ1) is 11.3. The molecule has 0 bridgehead atoms. The molecule has 2 atom stereocenters. The van der Waals surface area contributed by atoms with E-state index in [9.17, 15) is 18.0 Å². The van der Waals surface area contributed by atoms with Gasteiger partial charge in [-0.3, -0.25) is 9.59 Å². The van der Waals surface area contributed by atoms with Gasteiger partial charge in [-0.05, 0) is 32.0 Å². The number of nitrogens with zero attached hydrogens (tertiary/aromatic N) is 3. The third-order valence-corrected chi connectivity index (χ3v) is 6.17. The van der Waals surface area contributed by atoms with Gasteiger partial charge in [-0.15, -0.1) is 0 Å². The molecule has 0 radical (unpaired) electrons. The van der Waals surface area contributed by atoms with E-state index in [4.69, 9.17) is 0 Å². The highest BCUT2D eigenvalue weighted by molar-refractivity contribution is 7.89. The Labute approximate surface area is 143 Å². The SMILES string of the molecule is CCC[C@H]1C(=O)N(S(C)(=O)=O)C2=CCN(C(=O)CCN3CCC3)[C@@H]21. The minimum Gasteiger partial charge on any atom is -0.329 e. The summed E-state index contributed by atoms with van der Waals surface area (Å²) in [5, 5.41) is 0. The van der Waals surface area contributed by atoms with Gasteiger partial charge in [0, 0.05) is 19.5 Å². The lowest BCUT2D eigenvalue weighted by Gasteiger charge is -2.32. The van der Waals surface area contributed by atoms with Gasteiger partial charge in [-0.1, -0.05) is 13.3 Å². The summed E-state index contributed by atoms with van der Waals surface area (Å²) in [6, 6.07) is -0.420. The van der Waals surface area contributed by atoms with Crippen molar-refractivity contribution in [2.24, 2.45) is 5.92 Å². The van der Waals surface area contributed by atoms with E-state index < -0.39 is 27.9 Å². The molecule has 0 aliphatic carbocycles. The maximum atomic E-state index is 12.6. The highest BCUT2D eigenvalue weighted by Gasteiger charge is 2.53. The number of carbonyl (C=O) groups excluding carboxylic acids is 2. The lowest BCUT2D eigenvalue weighted by Crippen LogP contribution is -2.44. The minimum absolute atomic E-state index is 0.00223. The van der Waals surface area contributed by atoms with Crippen LogP contribution in [-0.4, -0.2) is 72.8 Å². The highest BCUT2D eigenvalue weighted by Crippen LogP contribution is 2.40. The Kier molecular flexibility index (Phi) is 4.70. The molecule has 0 aromatic heterocycles. The molecule has 2 saturated heterocycles. The third-order valence-electron chi connectivity index (χ3n) is 5.11. The van der Waals surface area contributed by atoms with Gasteiger partial charge in [-0.2, -0.15) is 0 Å². The molecule has 0 aromatic rings. The first kappa shape index (κ1) is 17.4. The second-order valence-corrected chi connectivity index (χ2v) is 8.66. The van der Waals surface area contributed by atoms with Crippen LogP contribution in [0.2, 0.25) is 0 Å². The predicted molar refractivity (Wildman–Crippen MR) is 89.3 cm³/mol. The van der Waals surface area contributed by atoms with Crippen LogP contribution in [0.3, 0.4) is 0 Å². The molecule has 0 N–H and O–H groups in total. The number of amides is 2. The minimum atomic E-state index is -3.66. The second kappa shape index (κ2) is 6.48. The lowest BCUT2D eigenvalue weighted by atomic mass is 9.96. The number of sulfonamides is 1. The fraction of sp³-hybridized carbons (Fsp3) is 0.750. The van der Waals surface area contributed by atoms with Crippen LogP contribution in [0.15, 0.2) is 11.8 Å². The van der Waals surface area contributed by atoms with Crippen LogP contribution in [-0.2, 0) is 19.6 Å². The fourth-order valence-electron chi connectivity index (χ4n) is 3.83. The highest BCUT2D eigenvalue weighted by atomic mass is 32.2. The number of carbonyl (C=O) groups is 2. The van der Waals surface area contributed by atoms with Gasteiger partial charge < -0.3 is 9.80 Å². The standard InChI is InChI=1S/C16H25N3O4S/c1-3-5-12-15-13(19(16(12)21)24(2,22)23)6-11-18(15)14(20)7-10-17-8-4-9-17/h6,12,15H,3-5,7-11H2,1-2H3/t12-,15-/m1/s1. The van der Waals surface area contributed by atoms with Crippen molar-refractivity contribution < 1.29 is 18.0 Å². The van der Waals surface area contributed by atoms with Crippen LogP contribution in [0, 0.1) is 5.92 Å². The maximum absolute atomic E-state index is 12.6. The van der Waals surface area contributed by atoms with E-state index in [0.29, 0.717) is 25.1 Å². The van der Waals surface area contributed by atoms with E-state index in [1.54, 1.807) is 11.0 Å². The normalized spacial score (nSPS) is 27.2. The van der Waals surface area contributed by atoms with Crippen molar-refractivity contribution in [3.8, 4) is 0 Å². The number of rotatable bonds is 6. The quantitative estimate of drug-likeness (QED) is 0.689. The Bertz CT molecular complexity index is 669. The average molecular weight is 355 g/mol. The summed E-state index contributed by atoms with van der Waals surface area (Å²) in [6.45, 7) is 5.17. The first-order valence-electron chi connectivity index (χ1n) is 8.60. The molecule has 0 aromatic carbocycles. The molecular weight excluding hydrogens is 330 g/mol. The van der Waals surface area contributed by atoms with Crippen molar-refractivity contribution in [3.63, 3.8) is 0 Å². The zero-order valence-corrected chi connectivity index (χ0v) is 15.1. The van der Waals surface area contributed by atoms with Crippen molar-refractivity contribution in [3.05, 3.63) is 11.8 Å². The Morgan fingerprint density at radius 3 is 2.58 bits per heavy atom. The summed E-state index contributed by atoms with van der Waals surface area (Å²) in [5.41, 5.74) is 0.471. The molecule has 24 heavy (non-hydrogen) atoms. The molecule has 7 nitrogen and oxygen atoms in total. The van der Waals surface area contributed by atoms with Crippen molar-refractivity contribution in [1.82, 2.24) is 14.1 Å². The molecule has 134 valence electrons. The van der Waals surface area contributed by atoms with Gasteiger partial charge in [-0.25, -0.2) is 12.7 Å². The van der Waals surface area contributed by atoms with E-state index in [1.807, 2.05) is 6.92 Å². The topological polar surface area (TPSA) is 78.0 Å². The molecule has 8 heteroatoms. The lowest BCUT2D eigenvalue weighted by molar-refractivity contribution is -0.134. The summed E-state index contributed by atoms with van der Waals surface area (Å²) in [7, 11) is -3.66. The summed E-state index contributed by atoms with van der Waals surface area (Å²) >= 11 is 0. The Morgan fingerprint density at radius 2 is 2.04 bits per heavy atom. The van der Waals surface area contributed by atoms with Crippen molar-refractivity contribution in [2.45, 2.75) is 38.6 Å². The first-order valence-corrected chi connectivity index (χ1v) is 10.5. The molecule has 3 heterocycles. The zero-order chi connectivity index (χ0) is 17.5. The van der Waals surface area contributed by atoms with E-state index >= 15 is 0 Å². The smallest absolute Gasteiger partial charge is 0.246 e. The van der Waals surface area contributed by atoms with Crippen molar-refractivity contribution in [2.75, 3.05) is 32.4 Å². The molecular formula is C16H25N3O4S. The fourth-order valence-corrected chi connectivity index (χ4v) is 4.86. The van der Waals surface area contributed by atoms with Crippen LogP contribution < -0.4 is 0 Å². The van der Waals surface area contributed by atoms with Gasteiger partial charge in [0.15, 0.2) is 0 Å². The summed E-state index contributed by atoms with van der Waals surface area (Å²) in [6.07, 6.45) is 5.73. The van der Waals surface area contributed by atoms with Crippen molar-refractivity contribution >= 4 is 21.8 Å². The zero-order valence-electron chi connectivity index (χ0n) is 14.3. The van der Waals surface area contributed by atoms with E-state index in [1.165, 1.54) is 6.42 Å². The number of hydrogen-bond acceptors (Lipinski definition) is 5. The largest absolute Gasteiger partial charge is 0.329 e. The molecule has 0 spiro atoms. The van der Waals surface area contributed by atoms with Crippen LogP contribution in [0.4, 0.5) is 0 Å². The third kappa shape index (κ3) is 2.97. The van der Waals surface area contributed by atoms with Crippen LogP contribution in [0.25, 0.3) is 0 Å². The number of fused-ring (bicyclic) bond motifs is 1. The predicted octanol–water partition coefficient (Wildman–Crippen LogP) is 0.395. The Balaban J connectivity index is 1.78. The molecule has 2 fully saturated rings. The molecule has 3 aliphatic rings. The Morgan fingerprint density at radius 1 is 1.33 bits per heavy atom. The molecule has 0 saturated carbocycles. The van der Waals surface area contributed by atoms with Gasteiger partial charge in [0.1, 0.15) is 0 Å². The molecule has 3 aliphatic heterocycles. The molecule has 3 rings (SSSR count). The van der Waals surface area contributed by atoms with Crippen LogP contribution in [0.5, 0.6) is 0 Å². The van der Waals surface area contributed by atoms with Gasteiger partial charge >= 0.3 is 0 Å². The van der Waals surface area contributed by atoms with E-state index in [-0.39, 0.29) is 5.91 Å². The molecule has 2 amide bonds. The number of hydrogen-bond donors (Lipinski definition) is 0.